The van der Waals surface area contributed by atoms with Gasteiger partial charge in [-0.15, -0.1) is 0 Å². The number of nitrogens with zero attached hydrogens (tertiary/aromatic N) is 1. The van der Waals surface area contributed by atoms with Crippen LogP contribution in [0.1, 0.15) is 128 Å². The molecular weight excluding hydrogens is 725 g/mol. The lowest BCUT2D eigenvalue weighted by Gasteiger charge is -2.39. The van der Waals surface area contributed by atoms with Crippen LogP contribution in [0.3, 0.4) is 0 Å². The Kier molecular flexibility index (Phi) is 13.2. The Hall–Kier alpha value is -3.24. The standard InChI is InChI=1S/C54H65NP2/c1-6-20-46(21-7-1)55(47-36-32-42(33-37-47)44-18-16-30-53(40-44)56(49-22-8-2-9-23-49)50-24-10-3-11-25-50)48-38-34-43(35-39-48)45-19-17-31-54(41-45)57(51-26-12-4-13-27-51)52-28-14-5-15-29-52/h1,6-7,16-21,30-41,49-52H,2-5,8-15,22-29H2. The third kappa shape index (κ3) is 9.32. The first-order chi connectivity index (χ1) is 28.3. The molecule has 4 aliphatic rings. The third-order valence-corrected chi connectivity index (χ3v) is 21.1. The molecular formula is C54H65NP2. The molecule has 0 bridgehead atoms. The van der Waals surface area contributed by atoms with Crippen LogP contribution in [0.2, 0.25) is 0 Å². The second kappa shape index (κ2) is 19.2. The predicted octanol–water partition coefficient (Wildman–Crippen LogP) is 16.0. The summed E-state index contributed by atoms with van der Waals surface area (Å²) in [5, 5.41) is 3.34. The van der Waals surface area contributed by atoms with E-state index in [-0.39, 0.29) is 15.8 Å². The molecule has 0 saturated heterocycles. The number of anilines is 3. The maximum Gasteiger partial charge on any atom is 0.0462 e. The van der Waals surface area contributed by atoms with Crippen LogP contribution in [0.25, 0.3) is 22.3 Å². The van der Waals surface area contributed by atoms with Crippen molar-refractivity contribution in [2.45, 2.75) is 151 Å². The van der Waals surface area contributed by atoms with E-state index in [1.54, 1.807) is 10.6 Å². The molecule has 5 aromatic carbocycles. The zero-order valence-electron chi connectivity index (χ0n) is 34.4. The van der Waals surface area contributed by atoms with Gasteiger partial charge < -0.3 is 4.90 Å². The lowest BCUT2D eigenvalue weighted by molar-refractivity contribution is 0.487. The van der Waals surface area contributed by atoms with Crippen LogP contribution in [0.5, 0.6) is 0 Å². The first kappa shape index (κ1) is 39.2. The van der Waals surface area contributed by atoms with Crippen LogP contribution in [-0.2, 0) is 0 Å². The average molecular weight is 790 g/mol. The Morgan fingerprint density at radius 1 is 0.298 bits per heavy atom. The molecule has 296 valence electrons. The highest BCUT2D eigenvalue weighted by Gasteiger charge is 2.34. The van der Waals surface area contributed by atoms with Gasteiger partial charge in [-0.1, -0.05) is 172 Å². The molecule has 0 atom stereocenters. The van der Waals surface area contributed by atoms with E-state index in [9.17, 15) is 0 Å². The van der Waals surface area contributed by atoms with E-state index in [2.05, 4.69) is 132 Å². The molecule has 0 heterocycles. The van der Waals surface area contributed by atoms with Crippen molar-refractivity contribution in [1.29, 1.82) is 0 Å². The van der Waals surface area contributed by atoms with Crippen molar-refractivity contribution in [2.75, 3.05) is 4.90 Å². The zero-order chi connectivity index (χ0) is 38.2. The Balaban J connectivity index is 0.979. The number of benzene rings is 5. The predicted molar refractivity (Wildman–Crippen MR) is 253 cm³/mol. The summed E-state index contributed by atoms with van der Waals surface area (Å²) in [5.41, 5.74) is 12.7. The van der Waals surface area contributed by atoms with Gasteiger partial charge in [0.25, 0.3) is 0 Å². The van der Waals surface area contributed by atoms with Crippen molar-refractivity contribution < 1.29 is 0 Å². The minimum Gasteiger partial charge on any atom is -0.311 e. The summed E-state index contributed by atoms with van der Waals surface area (Å²) in [5.74, 6) is 0. The van der Waals surface area contributed by atoms with Gasteiger partial charge in [0.05, 0.1) is 0 Å². The monoisotopic (exact) mass is 789 g/mol. The maximum absolute atomic E-state index is 2.60. The van der Waals surface area contributed by atoms with Gasteiger partial charge in [-0.2, -0.15) is 0 Å². The van der Waals surface area contributed by atoms with Crippen molar-refractivity contribution in [1.82, 2.24) is 0 Å². The van der Waals surface area contributed by atoms with Crippen molar-refractivity contribution in [3.8, 4) is 22.3 Å². The topological polar surface area (TPSA) is 3.24 Å². The van der Waals surface area contributed by atoms with Gasteiger partial charge in [0.15, 0.2) is 0 Å². The van der Waals surface area contributed by atoms with Gasteiger partial charge in [0.2, 0.25) is 0 Å². The van der Waals surface area contributed by atoms with Gasteiger partial charge in [0.1, 0.15) is 0 Å². The van der Waals surface area contributed by atoms with Gasteiger partial charge in [-0.25, -0.2) is 0 Å². The normalized spacial score (nSPS) is 19.3. The molecule has 4 saturated carbocycles. The average Bonchev–Trinajstić information content (AvgIpc) is 3.29. The molecule has 0 aliphatic heterocycles. The van der Waals surface area contributed by atoms with Crippen molar-refractivity contribution in [3.63, 3.8) is 0 Å². The van der Waals surface area contributed by atoms with Gasteiger partial charge in [-0.3, -0.25) is 0 Å². The summed E-state index contributed by atoms with van der Waals surface area (Å²) in [4.78, 5) is 2.43. The summed E-state index contributed by atoms with van der Waals surface area (Å²) in [7, 11) is -0.230. The SMILES string of the molecule is c1ccc(N(c2ccc(-c3cccc(P(C4CCCCC4)C4CCCCC4)c3)cc2)c2ccc(-c3cccc(P(C4CCCCC4)C4CCCCC4)c3)cc2)cc1. The second-order valence-corrected chi connectivity index (χ2v) is 23.4. The highest BCUT2D eigenvalue weighted by molar-refractivity contribution is 7.67. The van der Waals surface area contributed by atoms with E-state index in [1.165, 1.54) is 168 Å². The Labute approximate surface area is 347 Å². The first-order valence-corrected chi connectivity index (χ1v) is 26.1. The molecule has 1 nitrogen and oxygen atoms in total. The number of hydrogen-bond acceptors (Lipinski definition) is 1. The lowest BCUT2D eigenvalue weighted by atomic mass is 9.99. The minimum atomic E-state index is -0.115. The molecule has 0 radical (unpaired) electrons. The summed E-state index contributed by atoms with van der Waals surface area (Å²) >= 11 is 0. The van der Waals surface area contributed by atoms with Gasteiger partial charge >= 0.3 is 0 Å². The van der Waals surface area contributed by atoms with Crippen LogP contribution >= 0.6 is 15.8 Å². The summed E-state index contributed by atoms with van der Waals surface area (Å²) in [6.45, 7) is 0. The third-order valence-electron chi connectivity index (χ3n) is 14.1. The molecule has 3 heteroatoms. The molecule has 0 spiro atoms. The molecule has 0 amide bonds. The van der Waals surface area contributed by atoms with Gasteiger partial charge in [0, 0.05) is 17.1 Å². The molecule has 0 aromatic heterocycles. The molecule has 4 fully saturated rings. The fraction of sp³-hybridized carbons (Fsp3) is 0.444. The van der Waals surface area contributed by atoms with Crippen LogP contribution < -0.4 is 15.5 Å². The molecule has 0 unspecified atom stereocenters. The first-order valence-electron chi connectivity index (χ1n) is 23.1. The Morgan fingerprint density at radius 3 is 0.982 bits per heavy atom. The summed E-state index contributed by atoms with van der Waals surface area (Å²) in [6.07, 6.45) is 28.9. The minimum absolute atomic E-state index is 0.115. The highest BCUT2D eigenvalue weighted by atomic mass is 31.1. The van der Waals surface area contributed by atoms with Crippen LogP contribution in [0.4, 0.5) is 17.1 Å². The van der Waals surface area contributed by atoms with Crippen LogP contribution in [0.15, 0.2) is 127 Å². The number of rotatable bonds is 11. The van der Waals surface area contributed by atoms with Crippen molar-refractivity contribution >= 4 is 43.5 Å². The molecule has 57 heavy (non-hydrogen) atoms. The van der Waals surface area contributed by atoms with E-state index < -0.39 is 0 Å². The fourth-order valence-corrected chi connectivity index (χ4v) is 18.9. The Morgan fingerprint density at radius 2 is 0.632 bits per heavy atom. The Bertz CT molecular complexity index is 1820. The van der Waals surface area contributed by atoms with Gasteiger partial charge in [-0.05, 0) is 155 Å². The van der Waals surface area contributed by atoms with Crippen molar-refractivity contribution in [2.24, 2.45) is 0 Å². The van der Waals surface area contributed by atoms with E-state index in [4.69, 9.17) is 0 Å². The molecule has 4 aliphatic carbocycles. The number of para-hydroxylation sites is 1. The molecule has 5 aromatic rings. The zero-order valence-corrected chi connectivity index (χ0v) is 36.2. The second-order valence-electron chi connectivity index (χ2n) is 17.8. The quantitative estimate of drug-likeness (QED) is 0.121. The van der Waals surface area contributed by atoms with E-state index >= 15 is 0 Å². The lowest BCUT2D eigenvalue weighted by Crippen LogP contribution is -2.26. The van der Waals surface area contributed by atoms with E-state index in [1.807, 2.05) is 0 Å². The molecule has 9 rings (SSSR count). The summed E-state index contributed by atoms with van der Waals surface area (Å²) in [6, 6.07) is 49.4. The summed E-state index contributed by atoms with van der Waals surface area (Å²) < 4.78 is 0. The van der Waals surface area contributed by atoms with E-state index in [0.717, 1.165) is 22.6 Å². The number of hydrogen-bond donors (Lipinski definition) is 0. The largest absolute Gasteiger partial charge is 0.311 e. The smallest absolute Gasteiger partial charge is 0.0462 e. The maximum atomic E-state index is 2.60. The van der Waals surface area contributed by atoms with Crippen LogP contribution in [-0.4, -0.2) is 22.6 Å². The highest BCUT2D eigenvalue weighted by Crippen LogP contribution is 2.56. The van der Waals surface area contributed by atoms with Crippen molar-refractivity contribution in [3.05, 3.63) is 127 Å². The fourth-order valence-electron chi connectivity index (χ4n) is 11.2. The van der Waals surface area contributed by atoms with Crippen LogP contribution in [0, 0.1) is 0 Å². The molecule has 0 N–H and O–H groups in total. The van der Waals surface area contributed by atoms with E-state index in [0.29, 0.717) is 0 Å².